The van der Waals surface area contributed by atoms with Gasteiger partial charge in [-0.1, -0.05) is 36.4 Å². The lowest BCUT2D eigenvalue weighted by Gasteiger charge is -2.09. The summed E-state index contributed by atoms with van der Waals surface area (Å²) in [6, 6.07) is 24.5. The molecule has 29 heavy (non-hydrogen) atoms. The lowest BCUT2D eigenvalue weighted by atomic mass is 10.1. The molecule has 0 saturated carbocycles. The average Bonchev–Trinajstić information content (AvgIpc) is 3.32. The van der Waals surface area contributed by atoms with Crippen molar-refractivity contribution >= 4 is 5.91 Å². The summed E-state index contributed by atoms with van der Waals surface area (Å²) in [6.07, 6.45) is 3.32. The first kappa shape index (κ1) is 18.5. The molecule has 0 bridgehead atoms. The maximum Gasteiger partial charge on any atom is 0.251 e. The molecule has 0 aliphatic carbocycles. The van der Waals surface area contributed by atoms with Crippen LogP contribution in [0.15, 0.2) is 95.7 Å². The molecule has 4 aromatic rings. The summed E-state index contributed by atoms with van der Waals surface area (Å²) in [6.45, 7) is 0.850. The third kappa shape index (κ3) is 4.90. The number of benzene rings is 2. The predicted molar refractivity (Wildman–Crippen MR) is 110 cm³/mol. The molecule has 2 aromatic heterocycles. The Bertz CT molecular complexity index is 1080. The van der Waals surface area contributed by atoms with Gasteiger partial charge in [0.05, 0.1) is 6.26 Å². The molecular weight excluding hydrogens is 364 g/mol. The SMILES string of the molecule is O=C(NCc1ccnc(-c2ccco2)c1)c1cccc(OCc2ccccc2)c1. The van der Waals surface area contributed by atoms with Gasteiger partial charge in [0.1, 0.15) is 18.1 Å². The van der Waals surface area contributed by atoms with E-state index in [1.807, 2.05) is 66.7 Å². The van der Waals surface area contributed by atoms with Gasteiger partial charge in [-0.15, -0.1) is 0 Å². The molecule has 0 aliphatic heterocycles. The monoisotopic (exact) mass is 384 g/mol. The van der Waals surface area contributed by atoms with Crippen molar-refractivity contribution in [1.82, 2.24) is 10.3 Å². The normalized spacial score (nSPS) is 10.5. The quantitative estimate of drug-likeness (QED) is 0.495. The molecule has 0 aliphatic rings. The van der Waals surface area contributed by atoms with Crippen molar-refractivity contribution in [2.24, 2.45) is 0 Å². The molecule has 0 fully saturated rings. The molecule has 0 radical (unpaired) electrons. The van der Waals surface area contributed by atoms with Gasteiger partial charge in [0.2, 0.25) is 0 Å². The van der Waals surface area contributed by atoms with Crippen molar-refractivity contribution in [1.29, 1.82) is 0 Å². The Hall–Kier alpha value is -3.86. The zero-order chi connectivity index (χ0) is 19.9. The van der Waals surface area contributed by atoms with Crippen LogP contribution in [0.5, 0.6) is 5.75 Å². The second-order valence-electron chi connectivity index (χ2n) is 6.51. The van der Waals surface area contributed by atoms with Crippen LogP contribution in [0.3, 0.4) is 0 Å². The molecule has 5 nitrogen and oxygen atoms in total. The first-order chi connectivity index (χ1) is 14.3. The fraction of sp³-hybridized carbons (Fsp3) is 0.0833. The van der Waals surface area contributed by atoms with E-state index in [2.05, 4.69) is 10.3 Å². The molecule has 5 heteroatoms. The topological polar surface area (TPSA) is 64.4 Å². The summed E-state index contributed by atoms with van der Waals surface area (Å²) in [5, 5.41) is 2.94. The first-order valence-electron chi connectivity index (χ1n) is 9.32. The molecule has 0 spiro atoms. The number of amides is 1. The number of hydrogen-bond acceptors (Lipinski definition) is 4. The summed E-state index contributed by atoms with van der Waals surface area (Å²) in [4.78, 5) is 16.9. The lowest BCUT2D eigenvalue weighted by molar-refractivity contribution is 0.0950. The van der Waals surface area contributed by atoms with E-state index < -0.39 is 0 Å². The number of ether oxygens (including phenoxy) is 1. The van der Waals surface area contributed by atoms with Crippen molar-refractivity contribution in [2.75, 3.05) is 0 Å². The fourth-order valence-corrected chi connectivity index (χ4v) is 2.90. The first-order valence-corrected chi connectivity index (χ1v) is 9.32. The second-order valence-corrected chi connectivity index (χ2v) is 6.51. The van der Waals surface area contributed by atoms with Crippen LogP contribution in [-0.2, 0) is 13.2 Å². The number of nitrogens with one attached hydrogen (secondary N) is 1. The highest BCUT2D eigenvalue weighted by molar-refractivity contribution is 5.94. The summed E-state index contributed by atoms with van der Waals surface area (Å²) < 4.78 is 11.2. The van der Waals surface area contributed by atoms with Gasteiger partial charge < -0.3 is 14.5 Å². The van der Waals surface area contributed by atoms with Gasteiger partial charge >= 0.3 is 0 Å². The number of furan rings is 1. The van der Waals surface area contributed by atoms with Gasteiger partial charge in [0.15, 0.2) is 5.76 Å². The maximum atomic E-state index is 12.6. The standard InChI is InChI=1S/C24H20N2O3/c27-24(26-16-19-11-12-25-22(14-19)23-10-5-13-28-23)20-8-4-9-21(15-20)29-17-18-6-2-1-3-7-18/h1-15H,16-17H2,(H,26,27). The molecule has 1 amide bonds. The van der Waals surface area contributed by atoms with Crippen LogP contribution in [0.1, 0.15) is 21.5 Å². The molecule has 0 atom stereocenters. The second kappa shape index (κ2) is 8.89. The number of hydrogen-bond donors (Lipinski definition) is 1. The molecule has 4 rings (SSSR count). The molecule has 144 valence electrons. The number of aromatic nitrogens is 1. The van der Waals surface area contributed by atoms with E-state index in [1.165, 1.54) is 0 Å². The molecular formula is C24H20N2O3. The minimum absolute atomic E-state index is 0.161. The maximum absolute atomic E-state index is 12.6. The molecule has 1 N–H and O–H groups in total. The third-order valence-electron chi connectivity index (χ3n) is 4.40. The van der Waals surface area contributed by atoms with Gasteiger partial charge in [0, 0.05) is 18.3 Å². The number of pyridine rings is 1. The van der Waals surface area contributed by atoms with Crippen molar-refractivity contribution < 1.29 is 13.9 Å². The molecule has 2 heterocycles. The van der Waals surface area contributed by atoms with E-state index in [4.69, 9.17) is 9.15 Å². The third-order valence-corrected chi connectivity index (χ3v) is 4.40. The minimum atomic E-state index is -0.161. The number of rotatable bonds is 7. The highest BCUT2D eigenvalue weighted by atomic mass is 16.5. The van der Waals surface area contributed by atoms with Crippen LogP contribution in [0.4, 0.5) is 0 Å². The molecule has 0 unspecified atom stereocenters. The van der Waals surface area contributed by atoms with Crippen LogP contribution in [0, 0.1) is 0 Å². The summed E-state index contributed by atoms with van der Waals surface area (Å²) in [7, 11) is 0. The van der Waals surface area contributed by atoms with E-state index in [1.54, 1.807) is 24.6 Å². The Labute approximate surface area is 169 Å². The van der Waals surface area contributed by atoms with Gasteiger partial charge in [-0.3, -0.25) is 9.78 Å². The lowest BCUT2D eigenvalue weighted by Crippen LogP contribution is -2.22. The largest absolute Gasteiger partial charge is 0.489 e. The Morgan fingerprint density at radius 2 is 1.83 bits per heavy atom. The Kier molecular flexibility index (Phi) is 5.67. The number of carbonyl (C=O) groups excluding carboxylic acids is 1. The van der Waals surface area contributed by atoms with Gasteiger partial charge in [0.25, 0.3) is 5.91 Å². The van der Waals surface area contributed by atoms with Gasteiger partial charge in [-0.05, 0) is 53.6 Å². The summed E-state index contributed by atoms with van der Waals surface area (Å²) in [5.41, 5.74) is 3.30. The van der Waals surface area contributed by atoms with Crippen LogP contribution in [-0.4, -0.2) is 10.9 Å². The van der Waals surface area contributed by atoms with Crippen LogP contribution >= 0.6 is 0 Å². The van der Waals surface area contributed by atoms with Crippen molar-refractivity contribution in [3.8, 4) is 17.2 Å². The fourth-order valence-electron chi connectivity index (χ4n) is 2.90. The Morgan fingerprint density at radius 1 is 0.931 bits per heavy atom. The predicted octanol–water partition coefficient (Wildman–Crippen LogP) is 4.85. The number of carbonyl (C=O) groups is 1. The molecule has 0 saturated heterocycles. The highest BCUT2D eigenvalue weighted by Crippen LogP contribution is 2.18. The van der Waals surface area contributed by atoms with E-state index in [-0.39, 0.29) is 5.91 Å². The summed E-state index contributed by atoms with van der Waals surface area (Å²) in [5.74, 6) is 1.19. The zero-order valence-electron chi connectivity index (χ0n) is 15.7. The van der Waals surface area contributed by atoms with E-state index in [0.29, 0.717) is 30.2 Å². The van der Waals surface area contributed by atoms with Crippen molar-refractivity contribution in [3.63, 3.8) is 0 Å². The van der Waals surface area contributed by atoms with Crippen LogP contribution in [0.2, 0.25) is 0 Å². The average molecular weight is 384 g/mol. The van der Waals surface area contributed by atoms with Crippen LogP contribution in [0.25, 0.3) is 11.5 Å². The van der Waals surface area contributed by atoms with Crippen molar-refractivity contribution in [3.05, 3.63) is 108 Å². The van der Waals surface area contributed by atoms with Crippen LogP contribution < -0.4 is 10.1 Å². The number of nitrogens with zero attached hydrogens (tertiary/aromatic N) is 1. The van der Waals surface area contributed by atoms with Crippen molar-refractivity contribution in [2.45, 2.75) is 13.2 Å². The molecule has 2 aromatic carbocycles. The van der Waals surface area contributed by atoms with E-state index in [0.717, 1.165) is 16.8 Å². The zero-order valence-corrected chi connectivity index (χ0v) is 15.7. The van der Waals surface area contributed by atoms with E-state index >= 15 is 0 Å². The van der Waals surface area contributed by atoms with Gasteiger partial charge in [-0.25, -0.2) is 0 Å². The minimum Gasteiger partial charge on any atom is -0.489 e. The Balaban J connectivity index is 1.37. The van der Waals surface area contributed by atoms with Gasteiger partial charge in [-0.2, -0.15) is 0 Å². The summed E-state index contributed by atoms with van der Waals surface area (Å²) >= 11 is 0. The smallest absolute Gasteiger partial charge is 0.251 e. The van der Waals surface area contributed by atoms with E-state index in [9.17, 15) is 4.79 Å². The Morgan fingerprint density at radius 3 is 2.66 bits per heavy atom. The highest BCUT2D eigenvalue weighted by Gasteiger charge is 2.08.